The predicted molar refractivity (Wildman–Crippen MR) is 131 cm³/mol. The van der Waals surface area contributed by atoms with Gasteiger partial charge in [-0.05, 0) is 69.5 Å². The number of methoxy groups -OCH3 is 1. The third-order valence-corrected chi connectivity index (χ3v) is 5.97. The van der Waals surface area contributed by atoms with Crippen molar-refractivity contribution in [1.29, 1.82) is 0 Å². The number of rotatable bonds is 7. The number of hydrazone groups is 1. The van der Waals surface area contributed by atoms with Crippen LogP contribution in [0, 0.1) is 0 Å². The zero-order valence-electron chi connectivity index (χ0n) is 16.2. The molecule has 0 fully saturated rings. The standard InChI is InChI=1S/C22H16Br2Cl2N2O3/c1-30-20-9-14(11-27-28-22(29)15-4-7-18(25)19(26)10-15)8-17(24)21(20)31-12-13-2-5-16(23)6-3-13/h2-11H,12H2,1H3,(H,28,29)/b27-11-. The lowest BCUT2D eigenvalue weighted by molar-refractivity contribution is 0.0955. The molecule has 0 saturated heterocycles. The van der Waals surface area contributed by atoms with Gasteiger partial charge in [0.15, 0.2) is 11.5 Å². The number of nitrogens with zero attached hydrogens (tertiary/aromatic N) is 1. The maximum Gasteiger partial charge on any atom is 0.271 e. The Bertz CT molecular complexity index is 1120. The highest BCUT2D eigenvalue weighted by Crippen LogP contribution is 2.37. The van der Waals surface area contributed by atoms with Crippen molar-refractivity contribution < 1.29 is 14.3 Å². The average Bonchev–Trinajstić information content (AvgIpc) is 2.75. The second kappa shape index (κ2) is 11.0. The number of ether oxygens (including phenoxy) is 2. The lowest BCUT2D eigenvalue weighted by atomic mass is 10.2. The van der Waals surface area contributed by atoms with E-state index in [1.165, 1.54) is 12.3 Å². The normalized spacial score (nSPS) is 10.9. The number of hydrogen-bond acceptors (Lipinski definition) is 4. The van der Waals surface area contributed by atoms with Gasteiger partial charge in [0.1, 0.15) is 6.61 Å². The third kappa shape index (κ3) is 6.46. The Hall–Kier alpha value is -2.06. The van der Waals surface area contributed by atoms with Gasteiger partial charge < -0.3 is 9.47 Å². The Morgan fingerprint density at radius 2 is 1.81 bits per heavy atom. The van der Waals surface area contributed by atoms with Crippen LogP contribution in [0.15, 0.2) is 68.6 Å². The molecule has 9 heteroatoms. The highest BCUT2D eigenvalue weighted by molar-refractivity contribution is 9.10. The fourth-order valence-electron chi connectivity index (χ4n) is 2.56. The van der Waals surface area contributed by atoms with Gasteiger partial charge in [0.25, 0.3) is 5.91 Å². The summed E-state index contributed by atoms with van der Waals surface area (Å²) < 4.78 is 13.1. The van der Waals surface area contributed by atoms with Crippen molar-refractivity contribution in [1.82, 2.24) is 5.43 Å². The third-order valence-electron chi connectivity index (χ3n) is 4.11. The van der Waals surface area contributed by atoms with E-state index in [9.17, 15) is 4.79 Å². The number of halogens is 4. The molecular weight excluding hydrogens is 571 g/mol. The van der Waals surface area contributed by atoms with E-state index in [0.717, 1.165) is 10.0 Å². The lowest BCUT2D eigenvalue weighted by Gasteiger charge is -2.13. The minimum Gasteiger partial charge on any atom is -0.493 e. The monoisotopic (exact) mass is 584 g/mol. The molecule has 0 heterocycles. The topological polar surface area (TPSA) is 59.9 Å². The summed E-state index contributed by atoms with van der Waals surface area (Å²) in [5.41, 5.74) is 4.53. The van der Waals surface area contributed by atoms with E-state index in [-0.39, 0.29) is 0 Å². The molecule has 3 rings (SSSR count). The summed E-state index contributed by atoms with van der Waals surface area (Å²) in [5.74, 6) is 0.696. The molecule has 0 atom stereocenters. The largest absolute Gasteiger partial charge is 0.493 e. The SMILES string of the molecule is COc1cc(/C=N\NC(=O)c2ccc(Cl)c(Cl)c2)cc(Br)c1OCc1ccc(Br)cc1. The number of nitrogens with one attached hydrogen (secondary N) is 1. The van der Waals surface area contributed by atoms with E-state index in [1.807, 2.05) is 30.3 Å². The molecule has 0 unspecified atom stereocenters. The molecule has 1 N–H and O–H groups in total. The first-order valence-corrected chi connectivity index (χ1v) is 11.2. The summed E-state index contributed by atoms with van der Waals surface area (Å²) in [6, 6.07) is 16.0. The Kier molecular flexibility index (Phi) is 8.37. The van der Waals surface area contributed by atoms with Crippen LogP contribution < -0.4 is 14.9 Å². The average molecular weight is 587 g/mol. The summed E-state index contributed by atoms with van der Waals surface area (Å²) in [6.07, 6.45) is 1.50. The summed E-state index contributed by atoms with van der Waals surface area (Å²) in [7, 11) is 1.56. The van der Waals surface area contributed by atoms with Crippen LogP contribution in [0.5, 0.6) is 11.5 Å². The molecule has 5 nitrogen and oxygen atoms in total. The van der Waals surface area contributed by atoms with Crippen molar-refractivity contribution >= 4 is 67.2 Å². The van der Waals surface area contributed by atoms with E-state index in [4.69, 9.17) is 32.7 Å². The highest BCUT2D eigenvalue weighted by atomic mass is 79.9. The second-order valence-electron chi connectivity index (χ2n) is 6.28. The molecule has 3 aromatic carbocycles. The first-order valence-electron chi connectivity index (χ1n) is 8.90. The molecular formula is C22H16Br2Cl2N2O3. The van der Waals surface area contributed by atoms with Crippen molar-refractivity contribution in [2.45, 2.75) is 6.61 Å². The van der Waals surface area contributed by atoms with E-state index >= 15 is 0 Å². The van der Waals surface area contributed by atoms with E-state index < -0.39 is 5.91 Å². The van der Waals surface area contributed by atoms with Gasteiger partial charge in [-0.25, -0.2) is 5.43 Å². The molecule has 0 saturated carbocycles. The van der Waals surface area contributed by atoms with Crippen LogP contribution in [-0.4, -0.2) is 19.2 Å². The summed E-state index contributed by atoms with van der Waals surface area (Å²) in [5, 5.41) is 4.67. The van der Waals surface area contributed by atoms with E-state index in [0.29, 0.717) is 43.8 Å². The van der Waals surface area contributed by atoms with Crippen molar-refractivity contribution in [2.24, 2.45) is 5.10 Å². The molecule has 3 aromatic rings. The van der Waals surface area contributed by atoms with Gasteiger partial charge in [0.2, 0.25) is 0 Å². The van der Waals surface area contributed by atoms with Crippen molar-refractivity contribution in [3.05, 3.63) is 90.3 Å². The molecule has 0 aliphatic heterocycles. The van der Waals surface area contributed by atoms with Crippen molar-refractivity contribution in [2.75, 3.05) is 7.11 Å². The molecule has 31 heavy (non-hydrogen) atoms. The highest BCUT2D eigenvalue weighted by Gasteiger charge is 2.12. The Labute approximate surface area is 206 Å². The van der Waals surface area contributed by atoms with Gasteiger partial charge in [0.05, 0.1) is 27.8 Å². The van der Waals surface area contributed by atoms with Crippen LogP contribution in [0.1, 0.15) is 21.5 Å². The van der Waals surface area contributed by atoms with Gasteiger partial charge in [-0.3, -0.25) is 4.79 Å². The molecule has 0 bridgehead atoms. The number of benzene rings is 3. The van der Waals surface area contributed by atoms with Crippen LogP contribution in [0.2, 0.25) is 10.0 Å². The fraction of sp³-hybridized carbons (Fsp3) is 0.0909. The van der Waals surface area contributed by atoms with Crippen LogP contribution in [-0.2, 0) is 6.61 Å². The van der Waals surface area contributed by atoms with Crippen LogP contribution in [0.3, 0.4) is 0 Å². The Balaban J connectivity index is 1.69. The van der Waals surface area contributed by atoms with Crippen molar-refractivity contribution in [3.8, 4) is 11.5 Å². The number of hydrogen-bond donors (Lipinski definition) is 1. The molecule has 0 aliphatic carbocycles. The van der Waals surface area contributed by atoms with Crippen LogP contribution >= 0.6 is 55.1 Å². The molecule has 1 amide bonds. The van der Waals surface area contributed by atoms with Crippen LogP contribution in [0.25, 0.3) is 0 Å². The maximum atomic E-state index is 12.2. The number of carbonyl (C=O) groups is 1. The zero-order chi connectivity index (χ0) is 22.4. The van der Waals surface area contributed by atoms with Gasteiger partial charge in [-0.2, -0.15) is 5.10 Å². The Morgan fingerprint density at radius 3 is 2.48 bits per heavy atom. The first kappa shape index (κ1) is 23.6. The van der Waals surface area contributed by atoms with Crippen molar-refractivity contribution in [3.63, 3.8) is 0 Å². The second-order valence-corrected chi connectivity index (χ2v) is 8.86. The smallest absolute Gasteiger partial charge is 0.271 e. The minimum absolute atomic E-state index is 0.297. The van der Waals surface area contributed by atoms with Gasteiger partial charge in [0, 0.05) is 10.0 Å². The van der Waals surface area contributed by atoms with E-state index in [2.05, 4.69) is 42.4 Å². The zero-order valence-corrected chi connectivity index (χ0v) is 20.8. The summed E-state index contributed by atoms with van der Waals surface area (Å²) in [4.78, 5) is 12.2. The number of carbonyl (C=O) groups excluding carboxylic acids is 1. The maximum absolute atomic E-state index is 12.2. The molecule has 0 radical (unpaired) electrons. The predicted octanol–water partition coefficient (Wildman–Crippen LogP) is 6.87. The quantitative estimate of drug-likeness (QED) is 0.243. The van der Waals surface area contributed by atoms with Crippen LogP contribution in [0.4, 0.5) is 0 Å². The fourth-order valence-corrected chi connectivity index (χ4v) is 3.69. The lowest BCUT2D eigenvalue weighted by Crippen LogP contribution is -2.17. The molecule has 0 spiro atoms. The number of amides is 1. The summed E-state index contributed by atoms with van der Waals surface area (Å²) in [6.45, 7) is 0.384. The van der Waals surface area contributed by atoms with Gasteiger partial charge >= 0.3 is 0 Å². The van der Waals surface area contributed by atoms with E-state index in [1.54, 1.807) is 25.3 Å². The first-order chi connectivity index (χ1) is 14.9. The molecule has 0 aliphatic rings. The van der Waals surface area contributed by atoms with Gasteiger partial charge in [-0.15, -0.1) is 0 Å². The van der Waals surface area contributed by atoms with Gasteiger partial charge in [-0.1, -0.05) is 51.3 Å². The Morgan fingerprint density at radius 1 is 1.06 bits per heavy atom. The molecule has 0 aromatic heterocycles. The molecule has 160 valence electrons. The minimum atomic E-state index is -0.407. The summed E-state index contributed by atoms with van der Waals surface area (Å²) >= 11 is 18.7.